The Balaban J connectivity index is 0.00000500. The van der Waals surface area contributed by atoms with Crippen molar-refractivity contribution in [1.29, 1.82) is 0 Å². The fraction of sp³-hybridized carbons (Fsp3) is 0.171. The zero-order chi connectivity index (χ0) is 32.5. The Bertz CT molecular complexity index is 1740. The molecule has 12 heteroatoms. The summed E-state index contributed by atoms with van der Waals surface area (Å²) in [6, 6.07) is 23.9. The molecule has 5 rings (SSSR count). The number of ether oxygens (including phenoxy) is 2. The second-order valence-electron chi connectivity index (χ2n) is 10.3. The smallest absolute Gasteiger partial charge is 0.183 e. The molecule has 3 aromatic heterocycles. The van der Waals surface area contributed by atoms with E-state index in [4.69, 9.17) is 24.4 Å². The van der Waals surface area contributed by atoms with Crippen molar-refractivity contribution in [3.63, 3.8) is 0 Å². The van der Waals surface area contributed by atoms with Gasteiger partial charge in [0.1, 0.15) is 23.0 Å². The van der Waals surface area contributed by atoms with Crippen molar-refractivity contribution >= 4 is 34.4 Å². The topological polar surface area (TPSA) is 146 Å². The average molecular weight is 724 g/mol. The third kappa shape index (κ3) is 8.91. The molecule has 0 radical (unpaired) electrons. The number of nitrogens with zero attached hydrogens (tertiary/aromatic N) is 5. The summed E-state index contributed by atoms with van der Waals surface area (Å²) in [5, 5.41) is 28.2. The third-order valence-corrected chi connectivity index (χ3v) is 7.01. The Morgan fingerprint density at radius 1 is 0.660 bits per heavy atom. The van der Waals surface area contributed by atoms with Gasteiger partial charge in [0.25, 0.3) is 0 Å². The first-order chi connectivity index (χ1) is 22.3. The van der Waals surface area contributed by atoms with Gasteiger partial charge in [-0.3, -0.25) is 0 Å². The Labute approximate surface area is 287 Å². The predicted molar refractivity (Wildman–Crippen MR) is 180 cm³/mol. The molecule has 3 heterocycles. The zero-order valence-corrected chi connectivity index (χ0v) is 27.9. The number of nitrogens with one attached hydrogen (secondary N) is 2. The molecule has 0 unspecified atom stereocenters. The van der Waals surface area contributed by atoms with Gasteiger partial charge >= 0.3 is 0 Å². The fourth-order valence-corrected chi connectivity index (χ4v) is 4.62. The molecule has 5 aromatic rings. The molecule has 0 bridgehead atoms. The Morgan fingerprint density at radius 2 is 1.11 bits per heavy atom. The SMILES string of the molecule is COc1cc(CNc2ccccn2)cc(N=C(C)c2cccc(C(C)=Nc3cc(CNc4ccccn4)cc(OC)c3O)n2)c1O.[Pd]. The van der Waals surface area contributed by atoms with E-state index in [1.807, 2.05) is 68.4 Å². The van der Waals surface area contributed by atoms with Crippen molar-refractivity contribution < 1.29 is 40.1 Å². The van der Waals surface area contributed by atoms with Crippen molar-refractivity contribution in [2.45, 2.75) is 26.9 Å². The van der Waals surface area contributed by atoms with Crippen molar-refractivity contribution in [3.05, 3.63) is 114 Å². The summed E-state index contributed by atoms with van der Waals surface area (Å²) in [7, 11) is 3.00. The molecule has 0 saturated heterocycles. The van der Waals surface area contributed by atoms with E-state index in [1.165, 1.54) is 14.2 Å². The summed E-state index contributed by atoms with van der Waals surface area (Å²) in [5.74, 6) is 1.94. The van der Waals surface area contributed by atoms with E-state index in [0.29, 0.717) is 58.8 Å². The van der Waals surface area contributed by atoms with Crippen LogP contribution in [-0.2, 0) is 33.5 Å². The van der Waals surface area contributed by atoms with Crippen LogP contribution in [0, 0.1) is 0 Å². The van der Waals surface area contributed by atoms with Gasteiger partial charge in [-0.25, -0.2) is 24.9 Å². The van der Waals surface area contributed by atoms with Crippen LogP contribution in [0.3, 0.4) is 0 Å². The molecule has 4 N–H and O–H groups in total. The molecule has 0 spiro atoms. The summed E-state index contributed by atoms with van der Waals surface area (Å²) in [4.78, 5) is 22.8. The van der Waals surface area contributed by atoms with Crippen LogP contribution in [0.15, 0.2) is 101 Å². The number of aromatic nitrogens is 3. The molecule has 0 fully saturated rings. The molecule has 244 valence electrons. The normalized spacial score (nSPS) is 11.4. The van der Waals surface area contributed by atoms with E-state index in [9.17, 15) is 10.2 Å². The van der Waals surface area contributed by atoms with Crippen molar-refractivity contribution in [2.75, 3.05) is 24.9 Å². The van der Waals surface area contributed by atoms with Gasteiger partial charge in [-0.05, 0) is 85.6 Å². The third-order valence-electron chi connectivity index (χ3n) is 7.01. The number of aromatic hydroxyl groups is 2. The number of phenols is 2. The maximum Gasteiger partial charge on any atom is 0.183 e. The summed E-state index contributed by atoms with van der Waals surface area (Å²) >= 11 is 0. The van der Waals surface area contributed by atoms with Crippen LogP contribution in [-0.4, -0.2) is 50.8 Å². The maximum atomic E-state index is 10.8. The first-order valence-corrected chi connectivity index (χ1v) is 14.5. The second-order valence-corrected chi connectivity index (χ2v) is 10.3. The molecule has 0 atom stereocenters. The van der Waals surface area contributed by atoms with Crippen LogP contribution in [0.4, 0.5) is 23.0 Å². The quantitative estimate of drug-likeness (QED) is 0.0806. The van der Waals surface area contributed by atoms with E-state index in [-0.39, 0.29) is 31.9 Å². The zero-order valence-electron chi connectivity index (χ0n) is 26.3. The molecule has 0 aliphatic rings. The molecule has 0 amide bonds. The van der Waals surface area contributed by atoms with E-state index in [2.05, 4.69) is 20.6 Å². The van der Waals surface area contributed by atoms with E-state index in [1.54, 1.807) is 36.7 Å². The molecular weight excluding hydrogens is 689 g/mol. The van der Waals surface area contributed by atoms with Crippen LogP contribution in [0.25, 0.3) is 0 Å². The maximum absolute atomic E-state index is 10.8. The summed E-state index contributed by atoms with van der Waals surface area (Å²) in [6.45, 7) is 4.55. The van der Waals surface area contributed by atoms with Gasteiger partial charge in [0.05, 0.1) is 37.0 Å². The minimum Gasteiger partial charge on any atom is -0.503 e. The number of pyridine rings is 3. The van der Waals surface area contributed by atoms with Gasteiger partial charge in [-0.15, -0.1) is 0 Å². The molecule has 0 aliphatic carbocycles. The van der Waals surface area contributed by atoms with Gasteiger partial charge in [-0.1, -0.05) is 18.2 Å². The van der Waals surface area contributed by atoms with E-state index >= 15 is 0 Å². The Kier molecular flexibility index (Phi) is 12.0. The summed E-state index contributed by atoms with van der Waals surface area (Å²) in [6.07, 6.45) is 3.43. The molecule has 47 heavy (non-hydrogen) atoms. The molecule has 11 nitrogen and oxygen atoms in total. The predicted octanol–water partition coefficient (Wildman–Crippen LogP) is 6.80. The van der Waals surface area contributed by atoms with E-state index < -0.39 is 0 Å². The number of benzene rings is 2. The molecule has 0 saturated carbocycles. The largest absolute Gasteiger partial charge is 0.503 e. The van der Waals surface area contributed by atoms with Crippen LogP contribution in [0.2, 0.25) is 0 Å². The van der Waals surface area contributed by atoms with Crippen molar-refractivity contribution in [1.82, 2.24) is 15.0 Å². The number of rotatable bonds is 12. The van der Waals surface area contributed by atoms with Crippen LogP contribution >= 0.6 is 0 Å². The van der Waals surface area contributed by atoms with Gasteiger partial charge in [0.15, 0.2) is 23.0 Å². The number of hydrogen-bond acceptors (Lipinski definition) is 11. The molecule has 2 aromatic carbocycles. The standard InChI is InChI=1S/C35H35N7O4.Pd/c1-22(40-28-16-24(18-30(45-3)34(28)43)20-38-32-12-5-7-14-36-32)26-10-9-11-27(42-26)23(2)41-29-17-25(19-31(46-4)35(29)44)21-39-33-13-6-8-15-37-33;/h5-19,43-44H,20-21H2,1-4H3,(H,36,38)(H,37,39);. The van der Waals surface area contributed by atoms with E-state index in [0.717, 1.165) is 22.8 Å². The summed E-state index contributed by atoms with van der Waals surface area (Å²) < 4.78 is 10.8. The van der Waals surface area contributed by atoms with Gasteiger partial charge < -0.3 is 30.3 Å². The second kappa shape index (κ2) is 16.3. The number of methoxy groups -OCH3 is 2. The average Bonchev–Trinajstić information content (AvgIpc) is 3.09. The minimum atomic E-state index is -0.0702. The van der Waals surface area contributed by atoms with Crippen molar-refractivity contribution in [2.24, 2.45) is 9.98 Å². The molecule has 0 aliphatic heterocycles. The Hall–Kier alpha value is -5.31. The van der Waals surface area contributed by atoms with Gasteiger partial charge in [0, 0.05) is 45.9 Å². The monoisotopic (exact) mass is 723 g/mol. The Morgan fingerprint density at radius 3 is 1.49 bits per heavy atom. The number of phenolic OH excluding ortho intramolecular Hbond substituents is 2. The molecular formula is C35H35N7O4Pd. The minimum absolute atomic E-state index is 0. The van der Waals surface area contributed by atoms with Crippen molar-refractivity contribution in [3.8, 4) is 23.0 Å². The van der Waals surface area contributed by atoms with Gasteiger partial charge in [0.2, 0.25) is 0 Å². The first kappa shape index (κ1) is 34.6. The van der Waals surface area contributed by atoms with Crippen LogP contribution in [0.1, 0.15) is 36.4 Å². The number of hydrogen-bond donors (Lipinski definition) is 4. The number of aliphatic imine (C=N–C) groups is 2. The first-order valence-electron chi connectivity index (χ1n) is 14.5. The fourth-order valence-electron chi connectivity index (χ4n) is 4.62. The van der Waals surface area contributed by atoms with Crippen LogP contribution < -0.4 is 20.1 Å². The van der Waals surface area contributed by atoms with Gasteiger partial charge in [-0.2, -0.15) is 0 Å². The summed E-state index contributed by atoms with van der Waals surface area (Å²) in [5.41, 5.74) is 4.74. The van der Waals surface area contributed by atoms with Crippen LogP contribution in [0.5, 0.6) is 23.0 Å². The number of anilines is 2.